The van der Waals surface area contributed by atoms with Crippen molar-refractivity contribution in [2.24, 2.45) is 0 Å². The first-order chi connectivity index (χ1) is 9.90. The number of rotatable bonds is 3. The topological polar surface area (TPSA) is 20.3 Å². The van der Waals surface area contributed by atoms with Gasteiger partial charge in [-0.2, -0.15) is 0 Å². The summed E-state index contributed by atoms with van der Waals surface area (Å²) in [5.41, 5.74) is 1.22. The van der Waals surface area contributed by atoms with Crippen molar-refractivity contribution in [1.29, 1.82) is 0 Å². The van der Waals surface area contributed by atoms with Crippen LogP contribution in [-0.4, -0.2) is 17.9 Å². The average Bonchev–Trinajstić information content (AvgIpc) is 2.43. The number of benzene rings is 2. The van der Waals surface area contributed by atoms with Crippen molar-refractivity contribution in [3.63, 3.8) is 0 Å². The van der Waals surface area contributed by atoms with Crippen LogP contribution in [-0.2, 0) is 6.54 Å². The summed E-state index contributed by atoms with van der Waals surface area (Å²) < 4.78 is 13.7. The average molecular weight is 438 g/mol. The fourth-order valence-corrected chi connectivity index (χ4v) is 2.95. The summed E-state index contributed by atoms with van der Waals surface area (Å²) >= 11 is 14.0. The van der Waals surface area contributed by atoms with E-state index in [1.807, 2.05) is 28.7 Å². The number of carbonyl (C=O) groups excluding carboxylic acids is 1. The van der Waals surface area contributed by atoms with Crippen molar-refractivity contribution in [3.05, 3.63) is 67.0 Å². The molecular weight excluding hydrogens is 427 g/mol. The van der Waals surface area contributed by atoms with Crippen LogP contribution in [0, 0.1) is 9.39 Å². The summed E-state index contributed by atoms with van der Waals surface area (Å²) in [6.45, 7) is 0.325. The van der Waals surface area contributed by atoms with Gasteiger partial charge in [0, 0.05) is 17.2 Å². The molecule has 0 radical (unpaired) electrons. The Labute approximate surface area is 146 Å². The molecule has 2 aromatic rings. The maximum atomic E-state index is 13.1. The Balaban J connectivity index is 2.21. The molecule has 1 amide bonds. The van der Waals surface area contributed by atoms with E-state index in [0.29, 0.717) is 25.7 Å². The normalized spacial score (nSPS) is 10.5. The SMILES string of the molecule is CN(Cc1cccc(Cl)c1Cl)C(=O)c1ccc(F)cc1I. The number of amides is 1. The van der Waals surface area contributed by atoms with Gasteiger partial charge in [0.05, 0.1) is 15.6 Å². The van der Waals surface area contributed by atoms with Crippen LogP contribution < -0.4 is 0 Å². The maximum Gasteiger partial charge on any atom is 0.254 e. The molecule has 6 heteroatoms. The zero-order valence-electron chi connectivity index (χ0n) is 11.0. The van der Waals surface area contributed by atoms with Gasteiger partial charge in [0.1, 0.15) is 5.82 Å². The summed E-state index contributed by atoms with van der Waals surface area (Å²) in [6.07, 6.45) is 0. The second kappa shape index (κ2) is 6.94. The molecule has 0 saturated carbocycles. The van der Waals surface area contributed by atoms with Gasteiger partial charge < -0.3 is 4.90 Å². The highest BCUT2D eigenvalue weighted by atomic mass is 127. The van der Waals surface area contributed by atoms with Crippen LogP contribution in [0.2, 0.25) is 10.0 Å². The van der Waals surface area contributed by atoms with E-state index < -0.39 is 0 Å². The molecule has 2 aromatic carbocycles. The third-order valence-corrected chi connectivity index (χ3v) is 4.70. The van der Waals surface area contributed by atoms with E-state index in [4.69, 9.17) is 23.2 Å². The van der Waals surface area contributed by atoms with Crippen molar-refractivity contribution >= 4 is 51.7 Å². The molecule has 0 atom stereocenters. The third kappa shape index (κ3) is 3.87. The van der Waals surface area contributed by atoms with Gasteiger partial charge in [-0.1, -0.05) is 35.3 Å². The van der Waals surface area contributed by atoms with E-state index in [1.54, 1.807) is 19.2 Å². The first kappa shape index (κ1) is 16.5. The predicted octanol–water partition coefficient (Wildman–Crippen LogP) is 5.01. The minimum atomic E-state index is -0.364. The van der Waals surface area contributed by atoms with Gasteiger partial charge in [-0.05, 0) is 52.4 Å². The first-order valence-electron chi connectivity index (χ1n) is 6.03. The zero-order chi connectivity index (χ0) is 15.6. The van der Waals surface area contributed by atoms with E-state index >= 15 is 0 Å². The first-order valence-corrected chi connectivity index (χ1v) is 7.87. The Morgan fingerprint density at radius 3 is 2.67 bits per heavy atom. The van der Waals surface area contributed by atoms with Gasteiger partial charge in [-0.15, -0.1) is 0 Å². The number of hydrogen-bond donors (Lipinski definition) is 0. The van der Waals surface area contributed by atoms with Gasteiger partial charge in [0.2, 0.25) is 0 Å². The zero-order valence-corrected chi connectivity index (χ0v) is 14.7. The molecule has 0 aliphatic rings. The number of halogens is 4. The molecule has 0 saturated heterocycles. The van der Waals surface area contributed by atoms with Gasteiger partial charge in [0.15, 0.2) is 0 Å². The van der Waals surface area contributed by atoms with Crippen molar-refractivity contribution in [2.45, 2.75) is 6.54 Å². The molecule has 0 aliphatic carbocycles. The van der Waals surface area contributed by atoms with Crippen molar-refractivity contribution < 1.29 is 9.18 Å². The summed E-state index contributed by atoms with van der Waals surface area (Å²) in [5.74, 6) is -0.563. The lowest BCUT2D eigenvalue weighted by Gasteiger charge is -2.19. The highest BCUT2D eigenvalue weighted by molar-refractivity contribution is 14.1. The molecule has 21 heavy (non-hydrogen) atoms. The molecule has 2 rings (SSSR count). The Morgan fingerprint density at radius 2 is 2.00 bits per heavy atom. The van der Waals surface area contributed by atoms with Gasteiger partial charge in [-0.25, -0.2) is 4.39 Å². The smallest absolute Gasteiger partial charge is 0.254 e. The fourth-order valence-electron chi connectivity index (χ4n) is 1.87. The minimum Gasteiger partial charge on any atom is -0.337 e. The number of carbonyl (C=O) groups is 1. The van der Waals surface area contributed by atoms with Gasteiger partial charge in [0.25, 0.3) is 5.91 Å². The summed E-state index contributed by atoms with van der Waals surface area (Å²) in [7, 11) is 1.67. The molecule has 0 heterocycles. The Hall–Kier alpha value is -0.850. The van der Waals surface area contributed by atoms with Crippen LogP contribution in [0.5, 0.6) is 0 Å². The molecule has 2 nitrogen and oxygen atoms in total. The monoisotopic (exact) mass is 437 g/mol. The van der Waals surface area contributed by atoms with Gasteiger partial charge >= 0.3 is 0 Å². The summed E-state index contributed by atoms with van der Waals surface area (Å²) in [6, 6.07) is 9.37. The van der Waals surface area contributed by atoms with E-state index in [2.05, 4.69) is 0 Å². The Morgan fingerprint density at radius 1 is 1.29 bits per heavy atom. The molecule has 0 unspecified atom stereocenters. The van der Waals surface area contributed by atoms with Crippen molar-refractivity contribution in [3.8, 4) is 0 Å². The third-order valence-electron chi connectivity index (χ3n) is 2.95. The minimum absolute atomic E-state index is 0.199. The molecule has 0 fully saturated rings. The highest BCUT2D eigenvalue weighted by Gasteiger charge is 2.17. The van der Waals surface area contributed by atoms with Crippen LogP contribution in [0.1, 0.15) is 15.9 Å². The standard InChI is InChI=1S/C15H11Cl2FINO/c1-20(8-9-3-2-4-12(16)14(9)17)15(21)11-6-5-10(18)7-13(11)19/h2-7H,8H2,1H3. The number of hydrogen-bond acceptors (Lipinski definition) is 1. The lowest BCUT2D eigenvalue weighted by atomic mass is 10.1. The molecule has 0 aromatic heterocycles. The van der Waals surface area contributed by atoms with Gasteiger partial charge in [-0.3, -0.25) is 4.79 Å². The van der Waals surface area contributed by atoms with Crippen LogP contribution in [0.15, 0.2) is 36.4 Å². The molecule has 0 aliphatic heterocycles. The van der Waals surface area contributed by atoms with E-state index in [0.717, 1.165) is 5.56 Å². The highest BCUT2D eigenvalue weighted by Crippen LogP contribution is 2.27. The summed E-state index contributed by atoms with van der Waals surface area (Å²) in [4.78, 5) is 13.9. The molecule has 110 valence electrons. The van der Waals surface area contributed by atoms with E-state index in [1.165, 1.54) is 23.1 Å². The lowest BCUT2D eigenvalue weighted by molar-refractivity contribution is 0.0784. The predicted molar refractivity (Wildman–Crippen MR) is 91.4 cm³/mol. The molecule has 0 N–H and O–H groups in total. The number of nitrogens with zero attached hydrogens (tertiary/aromatic N) is 1. The van der Waals surface area contributed by atoms with E-state index in [9.17, 15) is 9.18 Å². The molecule has 0 spiro atoms. The maximum absolute atomic E-state index is 13.1. The van der Waals surface area contributed by atoms with Crippen LogP contribution in [0.25, 0.3) is 0 Å². The Kier molecular flexibility index (Phi) is 5.46. The van der Waals surface area contributed by atoms with Crippen molar-refractivity contribution in [2.75, 3.05) is 7.05 Å². The second-order valence-electron chi connectivity index (χ2n) is 4.50. The van der Waals surface area contributed by atoms with Crippen LogP contribution >= 0.6 is 45.8 Å². The molecular formula is C15H11Cl2FINO. The van der Waals surface area contributed by atoms with Crippen LogP contribution in [0.3, 0.4) is 0 Å². The lowest BCUT2D eigenvalue weighted by Crippen LogP contribution is -2.27. The van der Waals surface area contributed by atoms with Crippen LogP contribution in [0.4, 0.5) is 4.39 Å². The molecule has 0 bridgehead atoms. The fraction of sp³-hybridized carbons (Fsp3) is 0.133. The van der Waals surface area contributed by atoms with Crippen molar-refractivity contribution in [1.82, 2.24) is 4.90 Å². The second-order valence-corrected chi connectivity index (χ2v) is 6.45. The quantitative estimate of drug-likeness (QED) is 0.618. The van der Waals surface area contributed by atoms with E-state index in [-0.39, 0.29) is 11.7 Å². The Bertz CT molecular complexity index is 693. The largest absolute Gasteiger partial charge is 0.337 e. The summed E-state index contributed by atoms with van der Waals surface area (Å²) in [5, 5.41) is 0.888.